The molecule has 0 saturated carbocycles. The molecule has 1 aromatic heterocycles. The average molecular weight is 226 g/mol. The van der Waals surface area contributed by atoms with Gasteiger partial charge in [0.05, 0.1) is 5.56 Å². The molecule has 0 amide bonds. The molecule has 0 bridgehead atoms. The molecule has 1 aromatic rings. The Bertz CT molecular complexity index is 364. The lowest BCUT2D eigenvalue weighted by Crippen LogP contribution is -2.06. The minimum Gasteiger partial charge on any atom is -0.396 e. The van der Waals surface area contributed by atoms with Crippen molar-refractivity contribution >= 4 is 17.4 Å². The van der Waals surface area contributed by atoms with Gasteiger partial charge in [0.2, 0.25) is 0 Å². The second kappa shape index (κ2) is 5.54. The van der Waals surface area contributed by atoms with Gasteiger partial charge in [-0.05, 0) is 25.0 Å². The third-order valence-electron chi connectivity index (χ3n) is 1.93. The van der Waals surface area contributed by atoms with E-state index in [9.17, 15) is 0 Å². The number of hydrogen-bond donors (Lipinski definition) is 2. The maximum absolute atomic E-state index is 8.78. The van der Waals surface area contributed by atoms with Crippen LogP contribution in [-0.4, -0.2) is 23.2 Å². The summed E-state index contributed by atoms with van der Waals surface area (Å²) >= 11 is 5.82. The molecule has 0 atom stereocenters. The summed E-state index contributed by atoms with van der Waals surface area (Å²) in [5.41, 5.74) is 1.20. The van der Waals surface area contributed by atoms with Crippen molar-refractivity contribution in [1.29, 1.82) is 5.26 Å². The van der Waals surface area contributed by atoms with E-state index in [0.29, 0.717) is 24.3 Å². The summed E-state index contributed by atoms with van der Waals surface area (Å²) < 4.78 is 0. The first-order valence-electron chi connectivity index (χ1n) is 4.61. The second-order valence-electron chi connectivity index (χ2n) is 3.11. The van der Waals surface area contributed by atoms with Crippen LogP contribution in [0.15, 0.2) is 6.07 Å². The van der Waals surface area contributed by atoms with E-state index < -0.39 is 0 Å². The van der Waals surface area contributed by atoms with Crippen LogP contribution < -0.4 is 5.32 Å². The highest BCUT2D eigenvalue weighted by Gasteiger charge is 2.06. The molecule has 4 nitrogen and oxygen atoms in total. The first-order valence-corrected chi connectivity index (χ1v) is 4.98. The number of aromatic nitrogens is 1. The van der Waals surface area contributed by atoms with Crippen molar-refractivity contribution in [3.63, 3.8) is 0 Å². The van der Waals surface area contributed by atoms with Gasteiger partial charge < -0.3 is 10.4 Å². The summed E-state index contributed by atoms with van der Waals surface area (Å²) in [6.45, 7) is 2.57. The molecule has 5 heteroatoms. The van der Waals surface area contributed by atoms with Gasteiger partial charge in [-0.25, -0.2) is 4.98 Å². The van der Waals surface area contributed by atoms with Gasteiger partial charge in [0.25, 0.3) is 0 Å². The summed E-state index contributed by atoms with van der Waals surface area (Å²) in [5.74, 6) is 0.630. The number of pyridine rings is 1. The number of aliphatic hydroxyl groups excluding tert-OH is 1. The first-order chi connectivity index (χ1) is 7.19. The molecule has 2 N–H and O–H groups in total. The number of aryl methyl sites for hydroxylation is 1. The van der Waals surface area contributed by atoms with Crippen LogP contribution in [0.2, 0.25) is 5.15 Å². The second-order valence-corrected chi connectivity index (χ2v) is 3.46. The molecule has 0 aliphatic heterocycles. The van der Waals surface area contributed by atoms with Crippen molar-refractivity contribution < 1.29 is 5.11 Å². The summed E-state index contributed by atoms with van der Waals surface area (Å²) in [7, 11) is 0. The monoisotopic (exact) mass is 225 g/mol. The maximum atomic E-state index is 8.78. The Balaban J connectivity index is 2.81. The molecular weight excluding hydrogens is 214 g/mol. The van der Waals surface area contributed by atoms with Gasteiger partial charge >= 0.3 is 0 Å². The maximum Gasteiger partial charge on any atom is 0.149 e. The third kappa shape index (κ3) is 3.08. The number of nitrogens with zero attached hydrogens (tertiary/aromatic N) is 2. The lowest BCUT2D eigenvalue weighted by atomic mass is 10.2. The molecule has 0 aromatic carbocycles. The summed E-state index contributed by atoms with van der Waals surface area (Å²) in [6, 6.07) is 3.76. The molecule has 0 radical (unpaired) electrons. The van der Waals surface area contributed by atoms with Gasteiger partial charge in [0, 0.05) is 13.2 Å². The van der Waals surface area contributed by atoms with Crippen LogP contribution in [0.5, 0.6) is 0 Å². The predicted molar refractivity (Wildman–Crippen MR) is 58.9 cm³/mol. The molecule has 0 saturated heterocycles. The number of nitrogens with one attached hydrogen (secondary N) is 1. The van der Waals surface area contributed by atoms with Crippen molar-refractivity contribution in [2.24, 2.45) is 0 Å². The van der Waals surface area contributed by atoms with Crippen LogP contribution in [0.25, 0.3) is 0 Å². The standard InChI is InChI=1S/C10H12ClN3O/c1-7-5-9(13-3-2-4-15)14-10(11)8(7)6-12/h5,15H,2-4H2,1H3,(H,13,14). The molecule has 0 unspecified atom stereocenters. The SMILES string of the molecule is Cc1cc(NCCCO)nc(Cl)c1C#N. The summed E-state index contributed by atoms with van der Waals surface area (Å²) in [4.78, 5) is 4.03. The van der Waals surface area contributed by atoms with Gasteiger partial charge in [-0.3, -0.25) is 0 Å². The van der Waals surface area contributed by atoms with E-state index in [0.717, 1.165) is 5.56 Å². The van der Waals surface area contributed by atoms with Gasteiger partial charge in [-0.2, -0.15) is 5.26 Å². The van der Waals surface area contributed by atoms with E-state index in [4.69, 9.17) is 22.0 Å². The van der Waals surface area contributed by atoms with Crippen LogP contribution in [0.3, 0.4) is 0 Å². The minimum atomic E-state index is 0.135. The van der Waals surface area contributed by atoms with Crippen molar-refractivity contribution in [2.45, 2.75) is 13.3 Å². The molecular formula is C10H12ClN3O. The quantitative estimate of drug-likeness (QED) is 0.605. The molecule has 80 valence electrons. The smallest absolute Gasteiger partial charge is 0.149 e. The number of rotatable bonds is 4. The zero-order valence-corrected chi connectivity index (χ0v) is 9.17. The van der Waals surface area contributed by atoms with Gasteiger partial charge in [-0.15, -0.1) is 0 Å². The van der Waals surface area contributed by atoms with Crippen molar-refractivity contribution in [2.75, 3.05) is 18.5 Å². The zero-order chi connectivity index (χ0) is 11.3. The third-order valence-corrected chi connectivity index (χ3v) is 2.20. The van der Waals surface area contributed by atoms with Gasteiger partial charge in [0.1, 0.15) is 17.0 Å². The summed E-state index contributed by atoms with van der Waals surface area (Å²) in [6.07, 6.45) is 0.651. The number of hydrogen-bond acceptors (Lipinski definition) is 4. The van der Waals surface area contributed by atoms with E-state index >= 15 is 0 Å². The molecule has 15 heavy (non-hydrogen) atoms. The topological polar surface area (TPSA) is 68.9 Å². The van der Waals surface area contributed by atoms with Crippen molar-refractivity contribution in [1.82, 2.24) is 4.98 Å². The average Bonchev–Trinajstić information content (AvgIpc) is 2.18. The van der Waals surface area contributed by atoms with Crippen LogP contribution >= 0.6 is 11.6 Å². The fourth-order valence-electron chi connectivity index (χ4n) is 1.15. The molecule has 0 aliphatic rings. The molecule has 0 fully saturated rings. The largest absolute Gasteiger partial charge is 0.396 e. The number of aliphatic hydroxyl groups is 1. The van der Waals surface area contributed by atoms with Gasteiger partial charge in [-0.1, -0.05) is 11.6 Å². The van der Waals surface area contributed by atoms with Gasteiger partial charge in [0.15, 0.2) is 0 Å². The van der Waals surface area contributed by atoms with Crippen LogP contribution in [-0.2, 0) is 0 Å². The Labute approximate surface area is 93.5 Å². The van der Waals surface area contributed by atoms with Crippen molar-refractivity contribution in [3.8, 4) is 6.07 Å². The molecule has 0 aliphatic carbocycles. The minimum absolute atomic E-state index is 0.135. The number of anilines is 1. The Kier molecular flexibility index (Phi) is 4.35. The fourth-order valence-corrected chi connectivity index (χ4v) is 1.44. The van der Waals surface area contributed by atoms with E-state index in [1.54, 1.807) is 6.07 Å². The molecule has 0 spiro atoms. The van der Waals surface area contributed by atoms with Crippen LogP contribution in [0, 0.1) is 18.3 Å². The van der Waals surface area contributed by atoms with E-state index in [-0.39, 0.29) is 11.8 Å². The predicted octanol–water partition coefficient (Wildman–Crippen LogP) is 1.71. The van der Waals surface area contributed by atoms with Crippen LogP contribution in [0.4, 0.5) is 5.82 Å². The highest BCUT2D eigenvalue weighted by molar-refractivity contribution is 6.30. The Morgan fingerprint density at radius 2 is 2.40 bits per heavy atom. The highest BCUT2D eigenvalue weighted by Crippen LogP contribution is 2.19. The highest BCUT2D eigenvalue weighted by atomic mass is 35.5. The van der Waals surface area contributed by atoms with E-state index in [1.807, 2.05) is 13.0 Å². The first kappa shape index (κ1) is 11.8. The van der Waals surface area contributed by atoms with Crippen LogP contribution in [0.1, 0.15) is 17.5 Å². The molecule has 1 heterocycles. The van der Waals surface area contributed by atoms with E-state index in [2.05, 4.69) is 10.3 Å². The normalized spacial score (nSPS) is 9.73. The Morgan fingerprint density at radius 1 is 1.67 bits per heavy atom. The van der Waals surface area contributed by atoms with E-state index in [1.165, 1.54) is 0 Å². The Hall–Kier alpha value is -1.31. The number of halogens is 1. The van der Waals surface area contributed by atoms with Crippen molar-refractivity contribution in [3.05, 3.63) is 22.3 Å². The summed E-state index contributed by atoms with van der Waals surface area (Å²) in [5, 5.41) is 20.6. The zero-order valence-electron chi connectivity index (χ0n) is 8.42. The lowest BCUT2D eigenvalue weighted by molar-refractivity contribution is 0.292. The molecule has 1 rings (SSSR count). The Morgan fingerprint density at radius 3 is 2.93 bits per heavy atom. The fraction of sp³-hybridized carbons (Fsp3) is 0.400. The number of nitriles is 1. The lowest BCUT2D eigenvalue weighted by Gasteiger charge is -2.07.